The van der Waals surface area contributed by atoms with E-state index in [1.54, 1.807) is 0 Å². The molecule has 2 amide bonds. The molecule has 0 bridgehead atoms. The summed E-state index contributed by atoms with van der Waals surface area (Å²) in [7, 11) is -16.4. The molecule has 7 atom stereocenters. The molecule has 10 N–H and O–H groups in total. The fourth-order valence-electron chi connectivity index (χ4n) is 4.98. The Kier molecular flexibility index (Phi) is 15.6. The molecule has 1 aliphatic heterocycles. The average Bonchev–Trinajstić information content (AvgIpc) is 3.68. The summed E-state index contributed by atoms with van der Waals surface area (Å²) < 4.78 is 75.7. The summed E-state index contributed by atoms with van der Waals surface area (Å²) in [6.07, 6.45) is -7.09. The number of carbonyl (C=O) groups is 3. The molecule has 0 radical (unpaired) electrons. The van der Waals surface area contributed by atoms with Crippen molar-refractivity contribution in [1.29, 1.82) is 0 Å². The lowest BCUT2D eigenvalue weighted by molar-refractivity contribution is -0.137. The molecule has 0 spiro atoms. The number of hydrogen-bond donors (Lipinski definition) is 9. The molecule has 1 aliphatic rings. The van der Waals surface area contributed by atoms with Crippen LogP contribution in [0.3, 0.4) is 0 Å². The van der Waals surface area contributed by atoms with Gasteiger partial charge in [0, 0.05) is 30.7 Å². The Morgan fingerprint density at radius 2 is 1.74 bits per heavy atom. The van der Waals surface area contributed by atoms with Crippen molar-refractivity contribution in [3.63, 3.8) is 0 Å². The Bertz CT molecular complexity index is 2080. The maximum Gasteiger partial charge on any atom is 0.481 e. The molecule has 24 nitrogen and oxygen atoms in total. The molecule has 1 aromatic carbocycles. The van der Waals surface area contributed by atoms with Crippen LogP contribution in [0.15, 0.2) is 36.9 Å². The van der Waals surface area contributed by atoms with Crippen LogP contribution >= 0.6 is 35.2 Å². The van der Waals surface area contributed by atoms with Crippen molar-refractivity contribution in [3.05, 3.63) is 48.3 Å². The van der Waals surface area contributed by atoms with Crippen LogP contribution in [0.4, 0.5) is 10.2 Å². The van der Waals surface area contributed by atoms with Gasteiger partial charge in [0.05, 0.1) is 25.1 Å². The van der Waals surface area contributed by atoms with Crippen molar-refractivity contribution in [2.75, 3.05) is 37.8 Å². The van der Waals surface area contributed by atoms with Gasteiger partial charge < -0.3 is 50.9 Å². The number of hydrogen-bond acceptors (Lipinski definition) is 18. The molecule has 0 aliphatic carbocycles. The first kappa shape index (κ1) is 46.4. The van der Waals surface area contributed by atoms with E-state index in [-0.39, 0.29) is 47.8 Å². The Balaban J connectivity index is 1.23. The van der Waals surface area contributed by atoms with E-state index in [0.29, 0.717) is 0 Å². The zero-order valence-electron chi connectivity index (χ0n) is 29.8. The summed E-state index contributed by atoms with van der Waals surface area (Å²) in [5.41, 5.74) is 4.11. The molecule has 1 fully saturated rings. The Hall–Kier alpha value is -3.29. The smallest absolute Gasteiger partial charge is 0.386 e. The number of benzene rings is 1. The van der Waals surface area contributed by atoms with Crippen molar-refractivity contribution >= 4 is 69.1 Å². The van der Waals surface area contributed by atoms with Crippen LogP contribution in [0.25, 0.3) is 11.2 Å². The molecule has 4 rings (SSSR count). The van der Waals surface area contributed by atoms with Gasteiger partial charge in [-0.3, -0.25) is 32.5 Å². The van der Waals surface area contributed by atoms with Crippen LogP contribution in [0.2, 0.25) is 0 Å². The third kappa shape index (κ3) is 13.1. The van der Waals surface area contributed by atoms with Crippen molar-refractivity contribution in [2.45, 2.75) is 50.9 Å². The van der Waals surface area contributed by atoms with Crippen molar-refractivity contribution in [3.8, 4) is 0 Å². The summed E-state index contributed by atoms with van der Waals surface area (Å²) in [4.78, 5) is 87.7. The van der Waals surface area contributed by atoms with Crippen LogP contribution in [-0.2, 0) is 45.9 Å². The average molecular weight is 890 g/mol. The summed E-state index contributed by atoms with van der Waals surface area (Å²) >= 11 is 0.797. The van der Waals surface area contributed by atoms with E-state index in [2.05, 4.69) is 34.4 Å². The second-order valence-electron chi connectivity index (χ2n) is 12.7. The number of halogens is 1. The predicted octanol–water partition coefficient (Wildman–Crippen LogP) is 0.118. The first-order chi connectivity index (χ1) is 26.5. The second-order valence-corrected chi connectivity index (χ2v) is 18.0. The van der Waals surface area contributed by atoms with Gasteiger partial charge in [-0.25, -0.2) is 33.0 Å². The number of phosphoric ester groups is 3. The highest BCUT2D eigenvalue weighted by molar-refractivity contribution is 8.14. The molecule has 2 aromatic heterocycles. The summed E-state index contributed by atoms with van der Waals surface area (Å²) in [6.45, 7) is 0.194. The fraction of sp³-hybridized carbons (Fsp3) is 0.500. The number of nitrogens with one attached hydrogen (secondary N) is 2. The minimum absolute atomic E-state index is 0.0210. The van der Waals surface area contributed by atoms with Crippen LogP contribution in [0.1, 0.15) is 36.9 Å². The number of phosphoric acid groups is 3. The van der Waals surface area contributed by atoms with Gasteiger partial charge in [-0.05, 0) is 12.1 Å². The molecular formula is C28H39FN7O17P3S. The number of amides is 2. The van der Waals surface area contributed by atoms with Gasteiger partial charge in [-0.2, -0.15) is 4.31 Å². The van der Waals surface area contributed by atoms with E-state index in [0.717, 1.165) is 35.0 Å². The zero-order chi connectivity index (χ0) is 42.3. The van der Waals surface area contributed by atoms with Gasteiger partial charge in [0.15, 0.2) is 17.7 Å². The normalized spacial score (nSPS) is 21.4. The van der Waals surface area contributed by atoms with Crippen LogP contribution in [0.5, 0.6) is 0 Å². The summed E-state index contributed by atoms with van der Waals surface area (Å²) in [6, 6.07) is 5.43. The zero-order valence-corrected chi connectivity index (χ0v) is 33.3. The number of nitrogen functional groups attached to an aromatic ring is 1. The van der Waals surface area contributed by atoms with Crippen LogP contribution in [-0.4, -0.2) is 123 Å². The topological polar surface area (TPSA) is 364 Å². The van der Waals surface area contributed by atoms with E-state index in [1.807, 2.05) is 0 Å². The molecule has 3 heterocycles. The van der Waals surface area contributed by atoms with Gasteiger partial charge in [0.1, 0.15) is 42.1 Å². The van der Waals surface area contributed by atoms with E-state index in [4.69, 9.17) is 19.5 Å². The second kappa shape index (κ2) is 19.2. The monoisotopic (exact) mass is 889 g/mol. The number of aromatic nitrogens is 4. The number of fused-ring (bicyclic) bond motifs is 1. The molecule has 3 aromatic rings. The quantitative estimate of drug-likeness (QED) is 0.0537. The standard InChI is InChI=1S/C28H39FN7O17P3S/c1-28(2,22(39)25(40)32-8-7-18(37)31-9-10-57-27(41)15-5-3-4-6-16(15)29)12-50-56(47,48)53-55(45,46)49-11-17-21(52-54(42,43)44)20(38)26(51-17)36-14-35-19-23(30)33-13-34-24(19)36/h3-6,13-14,17,20-22,26,38-39H,7-12H2,1-2H3,(H,31,37)(H,32,40)(H,45,46)(H,47,48)(H2,30,33,34)(H2,42,43,44)/t17-,20-,21-,22?,26-/m1/s1. The Labute approximate surface area is 326 Å². The Morgan fingerprint density at radius 1 is 1.05 bits per heavy atom. The first-order valence-corrected chi connectivity index (χ1v) is 21.8. The lowest BCUT2D eigenvalue weighted by Crippen LogP contribution is -2.46. The molecule has 3 unspecified atom stereocenters. The SMILES string of the molecule is CC(C)(COP(=O)(O)OP(=O)(O)OC[C@H]1O[C@@H](n2cnc3c(N)ncnc32)[C@H](O)[C@@H]1OP(=O)(O)O)C(O)C(=O)NCCC(=O)NCCSC(=O)c1ccccc1F. The first-order valence-electron chi connectivity index (χ1n) is 16.3. The summed E-state index contributed by atoms with van der Waals surface area (Å²) in [5, 5.41) is 25.7. The van der Waals surface area contributed by atoms with Crippen molar-refractivity contribution in [1.82, 2.24) is 30.2 Å². The molecule has 29 heteroatoms. The predicted molar refractivity (Wildman–Crippen MR) is 193 cm³/mol. The number of nitrogens with two attached hydrogens (primary N) is 1. The molecule has 316 valence electrons. The fourth-order valence-corrected chi connectivity index (χ4v) is 8.52. The third-order valence-corrected chi connectivity index (χ3v) is 11.8. The number of carbonyl (C=O) groups excluding carboxylic acids is 3. The van der Waals surface area contributed by atoms with Gasteiger partial charge in [-0.1, -0.05) is 37.7 Å². The van der Waals surface area contributed by atoms with Gasteiger partial charge in [-0.15, -0.1) is 0 Å². The number of ether oxygens (including phenoxy) is 1. The number of imidazole rings is 1. The highest BCUT2D eigenvalue weighted by atomic mass is 32.2. The lowest BCUT2D eigenvalue weighted by atomic mass is 9.87. The number of nitrogens with zero attached hydrogens (tertiary/aromatic N) is 4. The minimum Gasteiger partial charge on any atom is -0.386 e. The number of rotatable bonds is 20. The maximum atomic E-state index is 13.7. The molecule has 0 saturated carbocycles. The summed E-state index contributed by atoms with van der Waals surface area (Å²) in [5.74, 6) is -2.12. The van der Waals surface area contributed by atoms with E-state index >= 15 is 0 Å². The molecular weight excluding hydrogens is 850 g/mol. The van der Waals surface area contributed by atoms with Crippen molar-refractivity contribution < 1.29 is 84.9 Å². The highest BCUT2D eigenvalue weighted by Crippen LogP contribution is 2.61. The number of thioether (sulfide) groups is 1. The number of aliphatic hydroxyl groups excluding tert-OH is 2. The lowest BCUT2D eigenvalue weighted by Gasteiger charge is -2.30. The van der Waals surface area contributed by atoms with Gasteiger partial charge >= 0.3 is 23.5 Å². The van der Waals surface area contributed by atoms with E-state index < -0.39 is 95.5 Å². The highest BCUT2D eigenvalue weighted by Gasteiger charge is 2.50. The van der Waals surface area contributed by atoms with Gasteiger partial charge in [0.2, 0.25) is 16.9 Å². The van der Waals surface area contributed by atoms with Crippen LogP contribution < -0.4 is 16.4 Å². The Morgan fingerprint density at radius 3 is 2.42 bits per heavy atom. The van der Waals surface area contributed by atoms with Crippen molar-refractivity contribution in [2.24, 2.45) is 5.41 Å². The van der Waals surface area contributed by atoms with E-state index in [1.165, 1.54) is 32.0 Å². The molecule has 57 heavy (non-hydrogen) atoms. The largest absolute Gasteiger partial charge is 0.481 e. The van der Waals surface area contributed by atoms with Crippen LogP contribution in [0, 0.1) is 11.2 Å². The van der Waals surface area contributed by atoms with E-state index in [9.17, 15) is 62.3 Å². The van der Waals surface area contributed by atoms with Gasteiger partial charge in [0.25, 0.3) is 0 Å². The minimum atomic E-state index is -5.59. The molecule has 1 saturated heterocycles. The third-order valence-electron chi connectivity index (χ3n) is 7.83. The number of anilines is 1. The maximum absolute atomic E-state index is 13.7. The number of aliphatic hydroxyl groups is 2.